The minimum Gasteiger partial charge on any atom is -0.493 e. The number of piperazine rings is 1. The summed E-state index contributed by atoms with van der Waals surface area (Å²) in [4.78, 5) is 35.3. The molecule has 1 aliphatic rings. The first-order chi connectivity index (χ1) is 15.2. The summed E-state index contributed by atoms with van der Waals surface area (Å²) in [6, 6.07) is 13.7. The van der Waals surface area contributed by atoms with E-state index < -0.39 is 11.9 Å². The van der Waals surface area contributed by atoms with Gasteiger partial charge in [0.25, 0.3) is 5.91 Å². The topological polar surface area (TPSA) is 117 Å². The molecule has 1 aliphatic heterocycles. The molecule has 0 unspecified atom stereocenters. The van der Waals surface area contributed by atoms with Gasteiger partial charge < -0.3 is 24.6 Å². The van der Waals surface area contributed by atoms with Crippen LogP contribution in [0.15, 0.2) is 46.9 Å². The number of carbonyl (C=O) groups is 3. The smallest absolute Gasteiger partial charge is 0.414 e. The Hall–Kier alpha value is -3.11. The number of ether oxygens (including phenoxy) is 2. The molecule has 0 radical (unpaired) electrons. The lowest BCUT2D eigenvalue weighted by atomic mass is 10.1. The summed E-state index contributed by atoms with van der Waals surface area (Å²) in [5.41, 5.74) is 1.91. The zero-order chi connectivity index (χ0) is 23.7. The number of methoxy groups -OCH3 is 2. The summed E-state index contributed by atoms with van der Waals surface area (Å²) in [5, 5.41) is 14.8. The van der Waals surface area contributed by atoms with Crippen molar-refractivity contribution in [1.29, 1.82) is 0 Å². The van der Waals surface area contributed by atoms with E-state index in [1.165, 1.54) is 5.56 Å². The zero-order valence-corrected chi connectivity index (χ0v) is 19.4. The molecule has 3 rings (SSSR count). The van der Waals surface area contributed by atoms with Gasteiger partial charge in [-0.3, -0.25) is 9.69 Å². The highest BCUT2D eigenvalue weighted by Gasteiger charge is 2.23. The Balaban J connectivity index is 0.000000534. The molecule has 32 heavy (non-hydrogen) atoms. The Kier molecular flexibility index (Phi) is 9.48. The fraction of sp³-hybridized carbons (Fsp3) is 0.318. The van der Waals surface area contributed by atoms with E-state index in [0.29, 0.717) is 17.1 Å². The lowest BCUT2D eigenvalue weighted by molar-refractivity contribution is -0.159. The fourth-order valence-electron chi connectivity index (χ4n) is 3.11. The number of amides is 1. The van der Waals surface area contributed by atoms with Crippen LogP contribution in [0.3, 0.4) is 0 Å². The summed E-state index contributed by atoms with van der Waals surface area (Å²) >= 11 is 3.46. The number of carbonyl (C=O) groups excluding carboxylic acids is 1. The van der Waals surface area contributed by atoms with Crippen molar-refractivity contribution in [2.75, 3.05) is 40.4 Å². The van der Waals surface area contributed by atoms with Crippen molar-refractivity contribution < 1.29 is 34.1 Å². The predicted octanol–water partition coefficient (Wildman–Crippen LogP) is 2.58. The standard InChI is InChI=1S/C20H23BrN2O3.C2H2O4/c1-25-18-8-5-16(13-19(18)26-2)20(24)23-11-9-22(10-12-23)14-15-3-6-17(21)7-4-15;3-1(4)2(5)6/h3-8,13H,9-12,14H2,1-2H3;(H,3,4)(H,5,6). The van der Waals surface area contributed by atoms with E-state index in [1.807, 2.05) is 4.90 Å². The Labute approximate surface area is 194 Å². The van der Waals surface area contributed by atoms with Gasteiger partial charge >= 0.3 is 11.9 Å². The van der Waals surface area contributed by atoms with Gasteiger partial charge in [-0.25, -0.2) is 9.59 Å². The highest BCUT2D eigenvalue weighted by molar-refractivity contribution is 9.10. The summed E-state index contributed by atoms with van der Waals surface area (Å²) in [7, 11) is 3.16. The maximum absolute atomic E-state index is 12.8. The van der Waals surface area contributed by atoms with Gasteiger partial charge in [0, 0.05) is 42.8 Å². The number of hydrogen-bond acceptors (Lipinski definition) is 6. The maximum Gasteiger partial charge on any atom is 0.414 e. The maximum atomic E-state index is 12.8. The highest BCUT2D eigenvalue weighted by Crippen LogP contribution is 2.28. The van der Waals surface area contributed by atoms with Crippen molar-refractivity contribution in [3.63, 3.8) is 0 Å². The van der Waals surface area contributed by atoms with E-state index in [-0.39, 0.29) is 5.91 Å². The first-order valence-corrected chi connectivity index (χ1v) is 10.5. The monoisotopic (exact) mass is 508 g/mol. The number of carboxylic acid groups (broad SMARTS) is 2. The SMILES string of the molecule is COc1ccc(C(=O)N2CCN(Cc3ccc(Br)cc3)CC2)cc1OC.O=C(O)C(=O)O. The van der Waals surface area contributed by atoms with Crippen LogP contribution >= 0.6 is 15.9 Å². The number of aliphatic carboxylic acids is 2. The fourth-order valence-corrected chi connectivity index (χ4v) is 3.37. The van der Waals surface area contributed by atoms with Crippen LogP contribution in [-0.2, 0) is 16.1 Å². The average molecular weight is 509 g/mol. The molecule has 2 aromatic carbocycles. The molecular weight excluding hydrogens is 484 g/mol. The molecule has 0 saturated carbocycles. The summed E-state index contributed by atoms with van der Waals surface area (Å²) in [5.74, 6) is -2.41. The van der Waals surface area contributed by atoms with Crippen molar-refractivity contribution in [2.45, 2.75) is 6.54 Å². The first-order valence-electron chi connectivity index (χ1n) is 9.69. The molecular formula is C22H25BrN2O7. The molecule has 1 heterocycles. The van der Waals surface area contributed by atoms with Gasteiger partial charge in [0.1, 0.15) is 0 Å². The molecule has 172 valence electrons. The summed E-state index contributed by atoms with van der Waals surface area (Å²) in [6.07, 6.45) is 0. The Bertz CT molecular complexity index is 930. The lowest BCUT2D eigenvalue weighted by Gasteiger charge is -2.34. The van der Waals surface area contributed by atoms with Crippen LogP contribution in [0.1, 0.15) is 15.9 Å². The molecule has 0 aromatic heterocycles. The summed E-state index contributed by atoms with van der Waals surface area (Å²) in [6.45, 7) is 4.10. The number of halogens is 1. The molecule has 2 aromatic rings. The second-order valence-electron chi connectivity index (χ2n) is 6.87. The average Bonchev–Trinajstić information content (AvgIpc) is 2.80. The number of carboxylic acids is 2. The van der Waals surface area contributed by atoms with Crippen molar-refractivity contribution in [1.82, 2.24) is 9.80 Å². The van der Waals surface area contributed by atoms with E-state index in [4.69, 9.17) is 29.3 Å². The Morgan fingerprint density at radius 3 is 1.94 bits per heavy atom. The normalized spacial score (nSPS) is 13.5. The third kappa shape index (κ3) is 7.24. The van der Waals surface area contributed by atoms with Crippen LogP contribution in [0, 0.1) is 0 Å². The second-order valence-corrected chi connectivity index (χ2v) is 7.79. The third-order valence-corrected chi connectivity index (χ3v) is 5.32. The predicted molar refractivity (Wildman–Crippen MR) is 120 cm³/mol. The molecule has 2 N–H and O–H groups in total. The molecule has 9 nitrogen and oxygen atoms in total. The Morgan fingerprint density at radius 2 is 1.44 bits per heavy atom. The quantitative estimate of drug-likeness (QED) is 0.591. The van der Waals surface area contributed by atoms with Gasteiger partial charge in [0.05, 0.1) is 14.2 Å². The van der Waals surface area contributed by atoms with Crippen molar-refractivity contribution >= 4 is 33.8 Å². The van der Waals surface area contributed by atoms with Crippen molar-refractivity contribution in [3.05, 3.63) is 58.1 Å². The number of nitrogens with zero attached hydrogens (tertiary/aromatic N) is 2. The molecule has 1 amide bonds. The van der Waals surface area contributed by atoms with Gasteiger partial charge in [-0.1, -0.05) is 28.1 Å². The van der Waals surface area contributed by atoms with Crippen LogP contribution < -0.4 is 9.47 Å². The van der Waals surface area contributed by atoms with Gasteiger partial charge in [-0.2, -0.15) is 0 Å². The van der Waals surface area contributed by atoms with Crippen molar-refractivity contribution in [3.8, 4) is 11.5 Å². The lowest BCUT2D eigenvalue weighted by Crippen LogP contribution is -2.48. The molecule has 0 spiro atoms. The molecule has 0 aliphatic carbocycles. The molecule has 1 saturated heterocycles. The largest absolute Gasteiger partial charge is 0.493 e. The molecule has 10 heteroatoms. The minimum absolute atomic E-state index is 0.0363. The van der Waals surface area contributed by atoms with Crippen LogP contribution in [-0.4, -0.2) is 78.3 Å². The van der Waals surface area contributed by atoms with Gasteiger partial charge in [-0.05, 0) is 35.9 Å². The van der Waals surface area contributed by atoms with Crippen LogP contribution in [0.25, 0.3) is 0 Å². The van der Waals surface area contributed by atoms with Gasteiger partial charge in [0.15, 0.2) is 11.5 Å². The Morgan fingerprint density at radius 1 is 0.875 bits per heavy atom. The van der Waals surface area contributed by atoms with E-state index in [9.17, 15) is 4.79 Å². The van der Waals surface area contributed by atoms with Crippen LogP contribution in [0.2, 0.25) is 0 Å². The second kappa shape index (κ2) is 12.1. The number of hydrogen-bond donors (Lipinski definition) is 2. The minimum atomic E-state index is -1.82. The summed E-state index contributed by atoms with van der Waals surface area (Å²) < 4.78 is 11.6. The van der Waals surface area contributed by atoms with Crippen molar-refractivity contribution in [2.24, 2.45) is 0 Å². The molecule has 0 atom stereocenters. The zero-order valence-electron chi connectivity index (χ0n) is 17.8. The van der Waals surface area contributed by atoms with Crippen LogP contribution in [0.4, 0.5) is 0 Å². The van der Waals surface area contributed by atoms with E-state index >= 15 is 0 Å². The van der Waals surface area contributed by atoms with E-state index in [0.717, 1.165) is 37.2 Å². The highest BCUT2D eigenvalue weighted by atomic mass is 79.9. The van der Waals surface area contributed by atoms with Gasteiger partial charge in [-0.15, -0.1) is 0 Å². The number of benzene rings is 2. The van der Waals surface area contributed by atoms with Crippen LogP contribution in [0.5, 0.6) is 11.5 Å². The van der Waals surface area contributed by atoms with E-state index in [2.05, 4.69) is 45.1 Å². The van der Waals surface area contributed by atoms with E-state index in [1.54, 1.807) is 32.4 Å². The third-order valence-electron chi connectivity index (χ3n) is 4.79. The molecule has 0 bridgehead atoms. The first kappa shape index (κ1) is 25.2. The molecule has 1 fully saturated rings. The van der Waals surface area contributed by atoms with Gasteiger partial charge in [0.2, 0.25) is 0 Å². The number of rotatable bonds is 5.